The Labute approximate surface area is 152 Å². The lowest BCUT2D eigenvalue weighted by molar-refractivity contribution is 0.315. The van der Waals surface area contributed by atoms with E-state index < -0.39 is 10.0 Å². The summed E-state index contributed by atoms with van der Waals surface area (Å²) in [5, 5.41) is 1.25. The summed E-state index contributed by atoms with van der Waals surface area (Å²) in [5.74, 6) is 0.411. The first-order valence-electron chi connectivity index (χ1n) is 8.58. The topological polar surface area (TPSA) is 42.3 Å². The molecular formula is C19H22N2O2S2. The summed E-state index contributed by atoms with van der Waals surface area (Å²) in [4.78, 5) is 1.03. The maximum Gasteiger partial charge on any atom is 0.252 e. The van der Waals surface area contributed by atoms with Crippen LogP contribution in [0.4, 0.5) is 0 Å². The zero-order chi connectivity index (χ0) is 17.6. The molecule has 3 heterocycles. The molecule has 1 aliphatic heterocycles. The van der Waals surface area contributed by atoms with E-state index in [2.05, 4.69) is 41.9 Å². The Balaban J connectivity index is 1.54. The number of hydrogen-bond acceptors (Lipinski definition) is 3. The van der Waals surface area contributed by atoms with Gasteiger partial charge in [0.15, 0.2) is 0 Å². The molecule has 4 rings (SSSR count). The van der Waals surface area contributed by atoms with E-state index in [9.17, 15) is 8.42 Å². The first-order valence-corrected chi connectivity index (χ1v) is 10.8. The van der Waals surface area contributed by atoms with Crippen molar-refractivity contribution in [1.82, 2.24) is 8.87 Å². The first-order chi connectivity index (χ1) is 12.0. The Kier molecular flexibility index (Phi) is 4.22. The molecule has 1 fully saturated rings. The van der Waals surface area contributed by atoms with Crippen LogP contribution in [0.5, 0.6) is 0 Å². The van der Waals surface area contributed by atoms with Crippen molar-refractivity contribution in [2.24, 2.45) is 7.05 Å². The molecule has 0 spiro atoms. The van der Waals surface area contributed by atoms with Gasteiger partial charge in [-0.1, -0.05) is 18.2 Å². The standard InChI is InChI=1S/C19H22N2O2S2/c1-14-7-8-19(24-14)25(22,23)21-11-9-15(10-12-21)18-13-16-5-3-4-6-17(16)20(18)2/h3-8,13,15H,9-12H2,1-2H3. The van der Waals surface area contributed by atoms with Gasteiger partial charge in [0.25, 0.3) is 10.0 Å². The number of hydrogen-bond donors (Lipinski definition) is 0. The highest BCUT2D eigenvalue weighted by molar-refractivity contribution is 7.91. The summed E-state index contributed by atoms with van der Waals surface area (Å²) in [6, 6.07) is 14.3. The largest absolute Gasteiger partial charge is 0.347 e. The number of rotatable bonds is 3. The quantitative estimate of drug-likeness (QED) is 0.692. The van der Waals surface area contributed by atoms with Crippen LogP contribution in [0.3, 0.4) is 0 Å². The molecule has 1 saturated heterocycles. The van der Waals surface area contributed by atoms with Crippen molar-refractivity contribution in [2.75, 3.05) is 13.1 Å². The van der Waals surface area contributed by atoms with Gasteiger partial charge in [0, 0.05) is 42.1 Å². The fourth-order valence-electron chi connectivity index (χ4n) is 3.77. The Bertz CT molecular complexity index is 1010. The summed E-state index contributed by atoms with van der Waals surface area (Å²) in [6.07, 6.45) is 1.74. The maximum absolute atomic E-state index is 12.8. The third kappa shape index (κ3) is 2.92. The van der Waals surface area contributed by atoms with Crippen LogP contribution in [0.1, 0.15) is 29.3 Å². The normalized spacial score (nSPS) is 17.4. The summed E-state index contributed by atoms with van der Waals surface area (Å²) in [6.45, 7) is 3.12. The van der Waals surface area contributed by atoms with Crippen LogP contribution < -0.4 is 0 Å². The molecule has 0 unspecified atom stereocenters. The predicted octanol–water partition coefficient (Wildman–Crippen LogP) is 4.12. The fraction of sp³-hybridized carbons (Fsp3) is 0.368. The minimum Gasteiger partial charge on any atom is -0.347 e. The number of piperidine rings is 1. The third-order valence-corrected chi connectivity index (χ3v) is 8.54. The number of aromatic nitrogens is 1. The molecule has 1 aliphatic rings. The summed E-state index contributed by atoms with van der Waals surface area (Å²) < 4.78 is 29.9. The van der Waals surface area contributed by atoms with Crippen LogP contribution in [-0.2, 0) is 17.1 Å². The lowest BCUT2D eigenvalue weighted by Gasteiger charge is -2.31. The van der Waals surface area contributed by atoms with Gasteiger partial charge in [0.1, 0.15) is 4.21 Å². The molecule has 4 nitrogen and oxygen atoms in total. The maximum atomic E-state index is 12.8. The van der Waals surface area contributed by atoms with Gasteiger partial charge in [-0.25, -0.2) is 8.42 Å². The molecule has 0 aliphatic carbocycles. The van der Waals surface area contributed by atoms with Crippen molar-refractivity contribution in [3.8, 4) is 0 Å². The molecule has 0 amide bonds. The molecule has 0 saturated carbocycles. The second-order valence-electron chi connectivity index (χ2n) is 6.73. The highest BCUT2D eigenvalue weighted by atomic mass is 32.2. The molecule has 1 aromatic carbocycles. The van der Waals surface area contributed by atoms with Crippen LogP contribution in [0.2, 0.25) is 0 Å². The highest BCUT2D eigenvalue weighted by Crippen LogP contribution is 2.34. The molecule has 0 atom stereocenters. The van der Waals surface area contributed by atoms with Crippen LogP contribution in [0.15, 0.2) is 46.7 Å². The van der Waals surface area contributed by atoms with Crippen molar-refractivity contribution in [1.29, 1.82) is 0 Å². The van der Waals surface area contributed by atoms with Crippen LogP contribution in [0, 0.1) is 6.92 Å². The molecule has 0 N–H and O–H groups in total. The van der Waals surface area contributed by atoms with E-state index in [-0.39, 0.29) is 0 Å². The van der Waals surface area contributed by atoms with Gasteiger partial charge in [0.05, 0.1) is 0 Å². The summed E-state index contributed by atoms with van der Waals surface area (Å²) in [7, 11) is -1.23. The zero-order valence-electron chi connectivity index (χ0n) is 14.5. The Hall–Kier alpha value is -1.63. The Morgan fingerprint density at radius 3 is 2.44 bits per heavy atom. The monoisotopic (exact) mass is 374 g/mol. The van der Waals surface area contributed by atoms with Crippen molar-refractivity contribution in [3.05, 3.63) is 53.0 Å². The van der Waals surface area contributed by atoms with Gasteiger partial charge in [-0.3, -0.25) is 0 Å². The molecule has 2 aromatic heterocycles. The average molecular weight is 375 g/mol. The minimum absolute atomic E-state index is 0.411. The van der Waals surface area contributed by atoms with E-state index in [1.807, 2.05) is 13.0 Å². The van der Waals surface area contributed by atoms with E-state index >= 15 is 0 Å². The first kappa shape index (κ1) is 16.8. The average Bonchev–Trinajstić information content (AvgIpc) is 3.20. The minimum atomic E-state index is -3.34. The molecule has 0 bridgehead atoms. The fourth-order valence-corrected chi connectivity index (χ4v) is 6.68. The Morgan fingerprint density at radius 2 is 1.80 bits per heavy atom. The lowest BCUT2D eigenvalue weighted by Crippen LogP contribution is -2.37. The summed E-state index contributed by atoms with van der Waals surface area (Å²) >= 11 is 1.36. The molecule has 132 valence electrons. The Morgan fingerprint density at radius 1 is 1.08 bits per heavy atom. The lowest BCUT2D eigenvalue weighted by atomic mass is 9.94. The molecule has 6 heteroatoms. The number of benzene rings is 1. The number of nitrogens with zero attached hydrogens (tertiary/aromatic N) is 2. The van der Waals surface area contributed by atoms with E-state index in [1.165, 1.54) is 27.9 Å². The third-order valence-electron chi connectivity index (χ3n) is 5.17. The van der Waals surface area contributed by atoms with Crippen molar-refractivity contribution in [3.63, 3.8) is 0 Å². The number of fused-ring (bicyclic) bond motifs is 1. The van der Waals surface area contributed by atoms with Gasteiger partial charge in [0.2, 0.25) is 0 Å². The van der Waals surface area contributed by atoms with Crippen molar-refractivity contribution >= 4 is 32.3 Å². The van der Waals surface area contributed by atoms with Crippen LogP contribution >= 0.6 is 11.3 Å². The van der Waals surface area contributed by atoms with Gasteiger partial charge in [-0.2, -0.15) is 4.31 Å². The number of sulfonamides is 1. The van der Waals surface area contributed by atoms with Crippen LogP contribution in [0.25, 0.3) is 10.9 Å². The van der Waals surface area contributed by atoms with Gasteiger partial charge < -0.3 is 4.57 Å². The smallest absolute Gasteiger partial charge is 0.252 e. The molecule has 3 aromatic rings. The van der Waals surface area contributed by atoms with Crippen molar-refractivity contribution < 1.29 is 8.42 Å². The SMILES string of the molecule is Cc1ccc(S(=O)(=O)N2CCC(c3cc4ccccc4n3C)CC2)s1. The van der Waals surface area contributed by atoms with E-state index in [4.69, 9.17) is 0 Å². The second kappa shape index (κ2) is 6.27. The molecule has 25 heavy (non-hydrogen) atoms. The second-order valence-corrected chi connectivity index (χ2v) is 10.2. The van der Waals surface area contributed by atoms with Gasteiger partial charge in [-0.05, 0) is 49.4 Å². The summed E-state index contributed by atoms with van der Waals surface area (Å²) in [5.41, 5.74) is 2.55. The zero-order valence-corrected chi connectivity index (χ0v) is 16.1. The van der Waals surface area contributed by atoms with E-state index in [0.717, 1.165) is 17.7 Å². The molecular weight excluding hydrogens is 352 g/mol. The molecule has 0 radical (unpaired) electrons. The van der Waals surface area contributed by atoms with Gasteiger partial charge in [-0.15, -0.1) is 11.3 Å². The van der Waals surface area contributed by atoms with Crippen molar-refractivity contribution in [2.45, 2.75) is 29.9 Å². The van der Waals surface area contributed by atoms with Gasteiger partial charge >= 0.3 is 0 Å². The number of para-hydroxylation sites is 1. The van der Waals surface area contributed by atoms with Crippen LogP contribution in [-0.4, -0.2) is 30.4 Å². The highest BCUT2D eigenvalue weighted by Gasteiger charge is 2.31. The van der Waals surface area contributed by atoms with E-state index in [1.54, 1.807) is 10.4 Å². The number of aryl methyl sites for hydroxylation is 2. The number of thiophene rings is 1. The van der Waals surface area contributed by atoms with E-state index in [0.29, 0.717) is 23.2 Å². The predicted molar refractivity (Wildman–Crippen MR) is 103 cm³/mol.